The summed E-state index contributed by atoms with van der Waals surface area (Å²) >= 11 is 0. The van der Waals surface area contributed by atoms with E-state index < -0.39 is 34.2 Å². The monoisotopic (exact) mass is 1110 g/mol. The Morgan fingerprint density at radius 3 is 0.817 bits per heavy atom. The van der Waals surface area contributed by atoms with Gasteiger partial charge in [0.2, 0.25) is 16.6 Å². The number of hydrogen-bond acceptors (Lipinski definition) is 8. The topological polar surface area (TPSA) is 73.8 Å². The number of hydrogen-bond donors (Lipinski definition) is 0. The number of fused-ring (bicyclic) bond motifs is 6. The first-order valence-corrected chi connectivity index (χ1v) is 33.1. The average molecular weight is 1110 g/mol. The van der Waals surface area contributed by atoms with E-state index in [1.165, 1.54) is 61.0 Å². The molecule has 71 heavy (non-hydrogen) atoms. The van der Waals surface area contributed by atoms with Crippen molar-refractivity contribution in [2.45, 2.75) is 92.4 Å². The number of halogens is 1. The van der Waals surface area contributed by atoms with Crippen LogP contribution >= 0.6 is 0 Å². The van der Waals surface area contributed by atoms with Gasteiger partial charge in [-0.3, -0.25) is 0 Å². The van der Waals surface area contributed by atoms with Gasteiger partial charge >= 0.3 is 40.7 Å². The van der Waals surface area contributed by atoms with Crippen LogP contribution in [0.25, 0.3) is 22.3 Å². The van der Waals surface area contributed by atoms with Crippen molar-refractivity contribution < 1.29 is 52.4 Å². The van der Waals surface area contributed by atoms with Crippen LogP contribution in [0.4, 0.5) is 0 Å². The number of rotatable bonds is 28. The Morgan fingerprint density at radius 2 is 0.606 bits per heavy atom. The molecule has 0 heterocycles. The summed E-state index contributed by atoms with van der Waals surface area (Å²) in [7, 11) is -10.2. The van der Waals surface area contributed by atoms with Crippen LogP contribution in [0.1, 0.15) is 77.6 Å². The molecule has 4 aromatic carbocycles. The normalized spacial score (nSPS) is 12.2. The quantitative estimate of drug-likeness (QED) is 0.0281. The molecule has 0 saturated carbocycles. The Kier molecular flexibility index (Phi) is 28.9. The zero-order valence-electron chi connectivity index (χ0n) is 44.3. The minimum absolute atomic E-state index is 0. The number of allylic oxidation sites excluding steroid dienone is 5. The maximum absolute atomic E-state index is 6.44. The summed E-state index contributed by atoms with van der Waals surface area (Å²) in [6.07, 6.45) is 11.3. The van der Waals surface area contributed by atoms with Crippen molar-refractivity contribution in [3.05, 3.63) is 165 Å². The van der Waals surface area contributed by atoms with Crippen molar-refractivity contribution in [3.8, 4) is 22.3 Å². The molecule has 8 nitrogen and oxygen atoms in total. The van der Waals surface area contributed by atoms with E-state index in [4.69, 9.17) is 35.4 Å². The summed E-state index contributed by atoms with van der Waals surface area (Å²) < 4.78 is 49.7. The molecule has 2 aliphatic carbocycles. The van der Waals surface area contributed by atoms with Crippen LogP contribution in [0.2, 0.25) is 24.2 Å². The van der Waals surface area contributed by atoms with Gasteiger partial charge in [-0.25, -0.2) is 19.6 Å². The van der Waals surface area contributed by atoms with Crippen LogP contribution in [0.3, 0.4) is 0 Å². The molecule has 0 unspecified atom stereocenters. The maximum Gasteiger partial charge on any atom is 2.00 e. The van der Waals surface area contributed by atoms with Gasteiger partial charge in [-0.1, -0.05) is 97.1 Å². The Balaban J connectivity index is 0.000000449. The minimum Gasteiger partial charge on any atom is -1.00 e. The molecule has 0 aromatic heterocycles. The zero-order chi connectivity index (χ0) is 50.5. The van der Waals surface area contributed by atoms with Gasteiger partial charge in [0.15, 0.2) is 0 Å². The third-order valence-electron chi connectivity index (χ3n) is 12.3. The van der Waals surface area contributed by atoms with E-state index >= 15 is 0 Å². The molecule has 0 spiro atoms. The van der Waals surface area contributed by atoms with Gasteiger partial charge < -0.3 is 52.4 Å². The predicted octanol–water partition coefficient (Wildman–Crippen LogP) is 7.78. The van der Waals surface area contributed by atoms with Crippen molar-refractivity contribution in [1.29, 1.82) is 0 Å². The summed E-state index contributed by atoms with van der Waals surface area (Å²) in [5, 5.41) is 4.71. The Morgan fingerprint density at radius 1 is 0.394 bits per heavy atom. The summed E-state index contributed by atoms with van der Waals surface area (Å²) in [6.45, 7) is 43.3. The molecule has 0 fully saturated rings. The van der Waals surface area contributed by atoms with E-state index in [2.05, 4.69) is 126 Å². The second kappa shape index (κ2) is 31.9. The molecule has 0 saturated heterocycles. The average Bonchev–Trinajstić information content (AvgIpc) is 3.90. The van der Waals surface area contributed by atoms with Crippen molar-refractivity contribution >= 4 is 78.0 Å². The smallest absolute Gasteiger partial charge is 1.00 e. The Hall–Kier alpha value is -2.76. The second-order valence-electron chi connectivity index (χ2n) is 16.7. The van der Waals surface area contributed by atoms with Gasteiger partial charge in [-0.05, 0) is 147 Å². The fourth-order valence-corrected chi connectivity index (χ4v) is 21.5. The van der Waals surface area contributed by atoms with Gasteiger partial charge in [0.05, 0.1) is 0 Å². The molecule has 0 aliphatic heterocycles. The Labute approximate surface area is 459 Å². The van der Waals surface area contributed by atoms with Gasteiger partial charge in [-0.2, -0.15) is 0 Å². The van der Waals surface area contributed by atoms with Crippen molar-refractivity contribution in [3.63, 3.8) is 0 Å². The van der Waals surface area contributed by atoms with Gasteiger partial charge in [0, 0.05) is 63.2 Å². The fourth-order valence-electron chi connectivity index (χ4n) is 9.78. The van der Waals surface area contributed by atoms with E-state index in [9.17, 15) is 0 Å². The van der Waals surface area contributed by atoms with E-state index in [1.807, 2.05) is 65.8 Å². The molecule has 4 aromatic rings. The first-order valence-electron chi connectivity index (χ1n) is 25.0. The van der Waals surface area contributed by atoms with E-state index in [-0.39, 0.29) is 40.0 Å². The van der Waals surface area contributed by atoms with E-state index in [0.29, 0.717) is 52.9 Å². The number of benzene rings is 4. The predicted molar refractivity (Wildman–Crippen MR) is 305 cm³/mol. The summed E-state index contributed by atoms with van der Waals surface area (Å²) in [4.78, 5) is 0. The Bertz CT molecular complexity index is 2120. The van der Waals surface area contributed by atoms with Gasteiger partial charge in [0.25, 0.3) is 0 Å². The third kappa shape index (κ3) is 15.2. The molecule has 0 amide bonds. The largest absolute Gasteiger partial charge is 2.00 e. The first kappa shape index (κ1) is 64.4. The molecule has 6 rings (SSSR count). The van der Waals surface area contributed by atoms with Crippen LogP contribution in [-0.4, -0.2) is 110 Å². The molecule has 382 valence electrons. The second-order valence-corrected chi connectivity index (χ2v) is 29.1. The van der Waals surface area contributed by atoms with Crippen LogP contribution in [0.15, 0.2) is 136 Å². The molecule has 0 radical (unpaired) electrons. The first-order chi connectivity index (χ1) is 33.5. The van der Waals surface area contributed by atoms with Crippen LogP contribution < -0.4 is 37.7 Å². The van der Waals surface area contributed by atoms with Crippen molar-refractivity contribution in [2.24, 2.45) is 0 Å². The van der Waals surface area contributed by atoms with E-state index in [0.717, 1.165) is 47.4 Å². The van der Waals surface area contributed by atoms with Crippen LogP contribution in [0, 0.1) is 6.92 Å². The van der Waals surface area contributed by atoms with Gasteiger partial charge in [0.1, 0.15) is 0 Å². The SMILES string of the molecule is C=CC[Si](CC=C)(OCC)c1ccc2c(c1)Cc1cc([Si](CC=C)(CC=C)OCC)ccc1-2.C=C[CH2-].CCO[Si](OCC)(OCC)c1ccc2c(c1)Cc1cc([Si](OCC)(OCC)OCC)ccc1-2.[Br-].[Mg+2]. The molecule has 14 heteroatoms. The standard InChI is InChI=1S/C29H38O2Si2.C25H38O6Si2.C3H5.BrH.Mg/c1-7-17-32(18-8-2,30-11-5)26-13-15-28-24(22-26)21-25-23-27(14-16-29(25)28)33(19-9-3,20-10-4)31-12-6;1-7-26-32(27-8-2,28-9-3)22-13-15-24-20(18-22)17-21-19-23(14-16-25(21)24)33(29-10-4,30-11-5)31-12-6;1-3-2;;/h7-10,13-16,22-23H,1-4,11-12,17-21H2,5-6H3;13-16,18-19H,7-12,17H2,1-6H3;3H,1-2H2;1H;/q;;-1;;+2/p-1. The van der Waals surface area contributed by atoms with Crippen LogP contribution in [0.5, 0.6) is 0 Å². The minimum atomic E-state index is -2.94. The summed E-state index contributed by atoms with van der Waals surface area (Å²) in [5.74, 6) is 0. The molecule has 0 N–H and O–H groups in total. The van der Waals surface area contributed by atoms with E-state index in [1.54, 1.807) is 0 Å². The van der Waals surface area contributed by atoms with Crippen molar-refractivity contribution in [1.82, 2.24) is 0 Å². The summed E-state index contributed by atoms with van der Waals surface area (Å²) in [6, 6.07) is 30.5. The van der Waals surface area contributed by atoms with Gasteiger partial charge in [-0.15, -0.1) is 26.3 Å². The third-order valence-corrected chi connectivity index (χ3v) is 26.5. The maximum atomic E-state index is 6.44. The zero-order valence-corrected chi connectivity index (χ0v) is 51.3. The molecule has 0 atom stereocenters. The summed E-state index contributed by atoms with van der Waals surface area (Å²) in [5.41, 5.74) is 10.5. The fraction of sp³-hybridized carbons (Fsp3) is 0.386. The van der Waals surface area contributed by atoms with Crippen molar-refractivity contribution in [2.75, 3.05) is 52.9 Å². The molecular formula is C57H81BrMgO8Si4. The molecule has 0 bridgehead atoms. The molecular weight excluding hydrogens is 1030 g/mol. The molecule has 2 aliphatic rings. The van der Waals surface area contributed by atoms with Crippen LogP contribution in [-0.2, 0) is 48.2 Å².